The maximum atomic E-state index is 13.8. The Morgan fingerprint density at radius 1 is 0.723 bits per heavy atom. The van der Waals surface area contributed by atoms with Crippen LogP contribution in [0.1, 0.15) is 29.5 Å². The molecule has 0 spiro atoms. The van der Waals surface area contributed by atoms with Crippen molar-refractivity contribution in [3.63, 3.8) is 0 Å². The lowest BCUT2D eigenvalue weighted by molar-refractivity contribution is -0.132. The first-order valence-corrected chi connectivity index (χ1v) is 16.1. The largest absolute Gasteiger partial charge is 0.378 e. The van der Waals surface area contributed by atoms with Gasteiger partial charge in [0.2, 0.25) is 17.7 Å². The van der Waals surface area contributed by atoms with Gasteiger partial charge in [-0.15, -0.1) is 0 Å². The van der Waals surface area contributed by atoms with Crippen molar-refractivity contribution in [2.45, 2.75) is 62.4 Å². The highest BCUT2D eigenvalue weighted by molar-refractivity contribution is 5.94. The quantitative estimate of drug-likeness (QED) is 0.187. The van der Waals surface area contributed by atoms with Gasteiger partial charge in [-0.3, -0.25) is 14.4 Å². The van der Waals surface area contributed by atoms with E-state index in [0.29, 0.717) is 32.7 Å². The van der Waals surface area contributed by atoms with Crippen LogP contribution >= 0.6 is 0 Å². The molecule has 0 saturated carbocycles. The number of carbonyl (C=O) groups excluding carboxylic acids is 4. The lowest BCUT2D eigenvalue weighted by Crippen LogP contribution is -2.58. The summed E-state index contributed by atoms with van der Waals surface area (Å²) in [5, 5.41) is 8.58. The minimum atomic E-state index is -1.25. The lowest BCUT2D eigenvalue weighted by atomic mass is 9.98. The van der Waals surface area contributed by atoms with Crippen molar-refractivity contribution in [2.75, 3.05) is 26.3 Å². The summed E-state index contributed by atoms with van der Waals surface area (Å²) in [7, 11) is 0. The number of nitrogens with one attached hydrogen (secondary N) is 3. The average molecular weight is 642 g/mol. The van der Waals surface area contributed by atoms with Gasteiger partial charge in [0.25, 0.3) is 0 Å². The number of aryl methyl sites for hydroxylation is 1. The van der Waals surface area contributed by atoms with Crippen LogP contribution in [-0.2, 0) is 43.1 Å². The highest BCUT2D eigenvalue weighted by atomic mass is 16.6. The van der Waals surface area contributed by atoms with Crippen molar-refractivity contribution in [1.29, 1.82) is 0 Å². The average Bonchev–Trinajstić information content (AvgIpc) is 3.88. The number of nitrogens with two attached hydrogens (primary N) is 1. The van der Waals surface area contributed by atoms with Crippen molar-refractivity contribution >= 4 is 23.8 Å². The third kappa shape index (κ3) is 10.4. The maximum Gasteiger partial charge on any atom is 0.318 e. The Bertz CT molecular complexity index is 1470. The molecule has 5 N–H and O–H groups in total. The SMILES string of the molecule is NC(=O)C[C@@H](NC(=O)[C@@H](Cc1ccccc1)NC(=O)N1CCOCC1)C(=O)NC(Cc1ccccc1)C1OC1CCc1ccccc1. The Hall–Kier alpha value is -4.74. The second kappa shape index (κ2) is 16.7. The van der Waals surface area contributed by atoms with E-state index in [-0.39, 0.29) is 18.6 Å². The molecule has 2 aliphatic heterocycles. The summed E-state index contributed by atoms with van der Waals surface area (Å²) >= 11 is 0. The molecule has 2 saturated heterocycles. The van der Waals surface area contributed by atoms with Crippen LogP contribution in [0.25, 0.3) is 0 Å². The van der Waals surface area contributed by atoms with Crippen LogP contribution < -0.4 is 21.7 Å². The van der Waals surface area contributed by atoms with Gasteiger partial charge in [0.05, 0.1) is 31.8 Å². The molecule has 5 amide bonds. The fraction of sp³-hybridized carbons (Fsp3) is 0.389. The van der Waals surface area contributed by atoms with E-state index in [0.717, 1.165) is 24.0 Å². The second-order valence-corrected chi connectivity index (χ2v) is 12.0. The number of ether oxygens (including phenoxy) is 2. The third-order valence-corrected chi connectivity index (χ3v) is 8.44. The molecule has 11 nitrogen and oxygen atoms in total. The number of morpholine rings is 1. The van der Waals surface area contributed by atoms with E-state index < -0.39 is 48.3 Å². The van der Waals surface area contributed by atoms with E-state index >= 15 is 0 Å². The Balaban J connectivity index is 1.28. The molecule has 2 fully saturated rings. The molecule has 0 bridgehead atoms. The van der Waals surface area contributed by atoms with Gasteiger partial charge in [-0.2, -0.15) is 0 Å². The molecule has 3 aromatic rings. The molecule has 11 heteroatoms. The molecule has 0 aliphatic carbocycles. The molecule has 5 atom stereocenters. The molecule has 3 unspecified atom stereocenters. The summed E-state index contributed by atoms with van der Waals surface area (Å²) in [6.45, 7) is 1.62. The summed E-state index contributed by atoms with van der Waals surface area (Å²) in [4.78, 5) is 54.3. The van der Waals surface area contributed by atoms with Crippen molar-refractivity contribution in [3.05, 3.63) is 108 Å². The van der Waals surface area contributed by atoms with Gasteiger partial charge < -0.3 is 36.1 Å². The zero-order valence-corrected chi connectivity index (χ0v) is 26.4. The van der Waals surface area contributed by atoms with Gasteiger partial charge >= 0.3 is 6.03 Å². The van der Waals surface area contributed by atoms with Crippen LogP contribution in [0.3, 0.4) is 0 Å². The summed E-state index contributed by atoms with van der Waals surface area (Å²) < 4.78 is 11.4. The normalized spacial score (nSPS) is 19.1. The third-order valence-electron chi connectivity index (χ3n) is 8.44. The number of carbonyl (C=O) groups is 4. The Morgan fingerprint density at radius 3 is 1.87 bits per heavy atom. The fourth-order valence-corrected chi connectivity index (χ4v) is 5.85. The molecule has 5 rings (SSSR count). The van der Waals surface area contributed by atoms with E-state index in [2.05, 4.69) is 28.1 Å². The summed E-state index contributed by atoms with van der Waals surface area (Å²) in [6, 6.07) is 26.1. The van der Waals surface area contributed by atoms with Gasteiger partial charge in [-0.25, -0.2) is 4.79 Å². The lowest BCUT2D eigenvalue weighted by Gasteiger charge is -2.30. The smallest absolute Gasteiger partial charge is 0.318 e. The number of urea groups is 1. The zero-order valence-electron chi connectivity index (χ0n) is 26.4. The Labute approximate surface area is 275 Å². The molecule has 0 radical (unpaired) electrons. The standard InChI is InChI=1S/C36H43N5O6/c37-32(42)24-30(39-34(43)29(23-27-14-8-3-9-15-27)40-36(45)41-18-20-46-21-19-41)35(44)38-28(22-26-12-6-2-7-13-26)33-31(47-33)17-16-25-10-4-1-5-11-25/h1-15,28-31,33H,16-24H2,(H2,37,42)(H,38,44)(H,39,43)(H,40,45)/t28?,29-,30-,31?,33?/m1/s1. The van der Waals surface area contributed by atoms with E-state index in [4.69, 9.17) is 15.2 Å². The van der Waals surface area contributed by atoms with Crippen molar-refractivity contribution in [2.24, 2.45) is 5.73 Å². The number of hydrogen-bond donors (Lipinski definition) is 4. The monoisotopic (exact) mass is 641 g/mol. The minimum absolute atomic E-state index is 0.0425. The van der Waals surface area contributed by atoms with Gasteiger partial charge in [-0.1, -0.05) is 91.0 Å². The van der Waals surface area contributed by atoms with Gasteiger partial charge in [0, 0.05) is 19.5 Å². The molecule has 2 aliphatic rings. The van der Waals surface area contributed by atoms with Gasteiger partial charge in [0.1, 0.15) is 18.2 Å². The van der Waals surface area contributed by atoms with Crippen LogP contribution in [0.4, 0.5) is 4.79 Å². The predicted molar refractivity (Wildman–Crippen MR) is 176 cm³/mol. The van der Waals surface area contributed by atoms with Crippen LogP contribution in [0.5, 0.6) is 0 Å². The fourth-order valence-electron chi connectivity index (χ4n) is 5.85. The number of benzene rings is 3. The summed E-state index contributed by atoms with van der Waals surface area (Å²) in [6.07, 6.45) is 1.64. The first-order valence-electron chi connectivity index (χ1n) is 16.1. The molecule has 248 valence electrons. The van der Waals surface area contributed by atoms with E-state index in [1.165, 1.54) is 5.56 Å². The van der Waals surface area contributed by atoms with Crippen molar-refractivity contribution < 1.29 is 28.7 Å². The van der Waals surface area contributed by atoms with Gasteiger partial charge in [-0.05, 0) is 36.0 Å². The molecule has 3 aromatic carbocycles. The Morgan fingerprint density at radius 2 is 1.28 bits per heavy atom. The number of primary amides is 1. The summed E-state index contributed by atoms with van der Waals surface area (Å²) in [5.41, 5.74) is 8.59. The predicted octanol–water partition coefficient (Wildman–Crippen LogP) is 2.13. The van der Waals surface area contributed by atoms with E-state index in [1.54, 1.807) is 4.90 Å². The topological polar surface area (TPSA) is 155 Å². The summed E-state index contributed by atoms with van der Waals surface area (Å²) in [5.74, 6) is -1.89. The van der Waals surface area contributed by atoms with Crippen LogP contribution in [0, 0.1) is 0 Å². The maximum absolute atomic E-state index is 13.8. The Kier molecular flexibility index (Phi) is 12.0. The van der Waals surface area contributed by atoms with Crippen molar-refractivity contribution in [3.8, 4) is 0 Å². The number of rotatable bonds is 15. The minimum Gasteiger partial charge on any atom is -0.378 e. The molecule has 2 heterocycles. The number of hydrogen-bond acceptors (Lipinski definition) is 6. The van der Waals surface area contributed by atoms with Crippen LogP contribution in [-0.4, -0.2) is 85.3 Å². The highest BCUT2D eigenvalue weighted by Crippen LogP contribution is 2.31. The second-order valence-electron chi connectivity index (χ2n) is 12.0. The number of amides is 5. The van der Waals surface area contributed by atoms with Crippen molar-refractivity contribution in [1.82, 2.24) is 20.9 Å². The first kappa shape index (κ1) is 33.6. The molecular weight excluding hydrogens is 598 g/mol. The van der Waals surface area contributed by atoms with Crippen LogP contribution in [0.2, 0.25) is 0 Å². The molecule has 0 aromatic heterocycles. The zero-order chi connectivity index (χ0) is 33.0. The first-order chi connectivity index (χ1) is 22.9. The van der Waals surface area contributed by atoms with E-state index in [9.17, 15) is 19.2 Å². The number of epoxide rings is 1. The van der Waals surface area contributed by atoms with Crippen LogP contribution in [0.15, 0.2) is 91.0 Å². The highest BCUT2D eigenvalue weighted by Gasteiger charge is 2.45. The molecule has 47 heavy (non-hydrogen) atoms. The number of nitrogens with zero attached hydrogens (tertiary/aromatic N) is 1. The molecular formula is C36H43N5O6. The van der Waals surface area contributed by atoms with E-state index in [1.807, 2.05) is 78.9 Å². The van der Waals surface area contributed by atoms with Gasteiger partial charge in [0.15, 0.2) is 0 Å².